The van der Waals surface area contributed by atoms with Gasteiger partial charge in [0.1, 0.15) is 17.6 Å². The average Bonchev–Trinajstić information content (AvgIpc) is 3.40. The number of carbonyl (C=O) groups excluding carboxylic acids is 2. The number of ketones is 1. The van der Waals surface area contributed by atoms with E-state index in [1.807, 2.05) is 25.1 Å². The van der Waals surface area contributed by atoms with Crippen molar-refractivity contribution in [1.29, 1.82) is 0 Å². The molecule has 1 N–H and O–H groups in total. The van der Waals surface area contributed by atoms with Gasteiger partial charge in [0.2, 0.25) is 0 Å². The fraction of sp³-hybridized carbons (Fsp3) is 0.148. The minimum Gasteiger partial charge on any atom is -0.507 e. The molecule has 1 saturated heterocycles. The number of thiazole rings is 1. The van der Waals surface area contributed by atoms with Crippen LogP contribution < -0.4 is 14.4 Å². The van der Waals surface area contributed by atoms with E-state index in [-0.39, 0.29) is 11.1 Å². The molecule has 0 unspecified atom stereocenters. The average molecular weight is 505 g/mol. The van der Waals surface area contributed by atoms with E-state index < -0.39 is 29.3 Å². The van der Waals surface area contributed by atoms with Gasteiger partial charge in [-0.1, -0.05) is 29.5 Å². The van der Waals surface area contributed by atoms with Gasteiger partial charge in [-0.05, 0) is 55.0 Å². The molecule has 9 heteroatoms. The highest BCUT2D eigenvalue weighted by molar-refractivity contribution is 7.22. The number of amides is 1. The molecule has 3 aromatic carbocycles. The molecule has 1 amide bonds. The maximum atomic E-state index is 13.5. The van der Waals surface area contributed by atoms with Crippen LogP contribution in [0.1, 0.15) is 22.7 Å². The van der Waals surface area contributed by atoms with Gasteiger partial charge in [-0.25, -0.2) is 9.37 Å². The molecular weight excluding hydrogens is 483 g/mol. The standard InChI is InChI=1S/C27H21FN2O5S/c1-14-7-12-18-20(13-14)36-27(29-18)30-22(17-5-4-6-19(34-2)25(17)35-3)21(24(32)26(30)33)23(31)15-8-10-16(28)11-9-15/h4-13,22,31H,1-3H3/t22-/m1/s1. The molecule has 1 aliphatic rings. The lowest BCUT2D eigenvalue weighted by Crippen LogP contribution is -2.29. The number of hydrogen-bond acceptors (Lipinski definition) is 7. The molecule has 0 spiro atoms. The monoisotopic (exact) mass is 504 g/mol. The topological polar surface area (TPSA) is 89.0 Å². The number of para-hydroxylation sites is 1. The summed E-state index contributed by atoms with van der Waals surface area (Å²) < 4.78 is 25.4. The van der Waals surface area contributed by atoms with E-state index >= 15 is 0 Å². The summed E-state index contributed by atoms with van der Waals surface area (Å²) in [6.45, 7) is 1.95. The van der Waals surface area contributed by atoms with Crippen LogP contribution >= 0.6 is 11.3 Å². The zero-order valence-electron chi connectivity index (χ0n) is 19.6. The number of aliphatic hydroxyl groups is 1. The molecule has 1 aliphatic heterocycles. The number of nitrogens with zero attached hydrogens (tertiary/aromatic N) is 2. The third-order valence-corrected chi connectivity index (χ3v) is 7.05. The van der Waals surface area contributed by atoms with Gasteiger partial charge < -0.3 is 14.6 Å². The Morgan fingerprint density at radius 3 is 2.50 bits per heavy atom. The number of methoxy groups -OCH3 is 2. The minimum absolute atomic E-state index is 0.159. The SMILES string of the molecule is COc1cccc([C@@H]2C(=C(O)c3ccc(F)cc3)C(=O)C(=O)N2c2nc3ccc(C)cc3s2)c1OC. The van der Waals surface area contributed by atoms with E-state index in [2.05, 4.69) is 4.98 Å². The minimum atomic E-state index is -1.07. The molecule has 2 heterocycles. The molecule has 0 saturated carbocycles. The molecule has 182 valence electrons. The summed E-state index contributed by atoms with van der Waals surface area (Å²) in [4.78, 5) is 32.7. The van der Waals surface area contributed by atoms with Crippen LogP contribution in [0.2, 0.25) is 0 Å². The lowest BCUT2D eigenvalue weighted by atomic mass is 9.94. The maximum Gasteiger partial charge on any atom is 0.301 e. The smallest absolute Gasteiger partial charge is 0.301 e. The summed E-state index contributed by atoms with van der Waals surface area (Å²) in [5.41, 5.74) is 2.17. The van der Waals surface area contributed by atoms with Crippen LogP contribution in [0.25, 0.3) is 16.0 Å². The maximum absolute atomic E-state index is 13.5. The van der Waals surface area contributed by atoms with Gasteiger partial charge in [0.25, 0.3) is 5.78 Å². The van der Waals surface area contributed by atoms with Crippen LogP contribution in [-0.4, -0.2) is 36.0 Å². The van der Waals surface area contributed by atoms with Gasteiger partial charge in [-0.2, -0.15) is 0 Å². The second-order valence-electron chi connectivity index (χ2n) is 8.23. The fourth-order valence-electron chi connectivity index (χ4n) is 4.34. The number of anilines is 1. The summed E-state index contributed by atoms with van der Waals surface area (Å²) in [5, 5.41) is 11.5. The Morgan fingerprint density at radius 2 is 1.81 bits per heavy atom. The highest BCUT2D eigenvalue weighted by Gasteiger charge is 2.49. The second kappa shape index (κ2) is 9.09. The van der Waals surface area contributed by atoms with Crippen molar-refractivity contribution in [3.05, 3.63) is 88.7 Å². The van der Waals surface area contributed by atoms with Crippen molar-refractivity contribution < 1.29 is 28.6 Å². The van der Waals surface area contributed by atoms with Crippen molar-refractivity contribution in [2.45, 2.75) is 13.0 Å². The number of aryl methyl sites for hydroxylation is 1. The first-order valence-corrected chi connectivity index (χ1v) is 11.8. The normalized spacial score (nSPS) is 17.1. The molecule has 4 aromatic rings. The number of aliphatic hydroxyl groups excluding tert-OH is 1. The molecule has 1 atom stereocenters. The predicted molar refractivity (Wildman–Crippen MR) is 135 cm³/mol. The first-order valence-electron chi connectivity index (χ1n) is 11.0. The van der Waals surface area contributed by atoms with Gasteiger partial charge in [0.15, 0.2) is 16.6 Å². The van der Waals surface area contributed by atoms with Crippen molar-refractivity contribution in [1.82, 2.24) is 4.98 Å². The number of carbonyl (C=O) groups is 2. The van der Waals surface area contributed by atoms with Gasteiger partial charge in [0.05, 0.1) is 30.0 Å². The molecule has 36 heavy (non-hydrogen) atoms. The first kappa shape index (κ1) is 23.5. The Kier molecular flexibility index (Phi) is 5.93. The predicted octanol–water partition coefficient (Wildman–Crippen LogP) is 5.39. The molecule has 7 nitrogen and oxygen atoms in total. The van der Waals surface area contributed by atoms with Crippen LogP contribution in [0.3, 0.4) is 0 Å². The van der Waals surface area contributed by atoms with E-state index in [1.54, 1.807) is 18.2 Å². The van der Waals surface area contributed by atoms with Gasteiger partial charge in [-0.3, -0.25) is 14.5 Å². The Hall–Kier alpha value is -4.24. The van der Waals surface area contributed by atoms with E-state index in [0.717, 1.165) is 10.3 Å². The van der Waals surface area contributed by atoms with E-state index in [0.29, 0.717) is 27.7 Å². The zero-order chi connectivity index (χ0) is 25.6. The largest absolute Gasteiger partial charge is 0.507 e. The van der Waals surface area contributed by atoms with Gasteiger partial charge >= 0.3 is 5.91 Å². The summed E-state index contributed by atoms with van der Waals surface area (Å²) >= 11 is 1.26. The van der Waals surface area contributed by atoms with Crippen LogP contribution in [0, 0.1) is 12.7 Å². The number of halogens is 1. The van der Waals surface area contributed by atoms with Crippen molar-refractivity contribution in [2.75, 3.05) is 19.1 Å². The van der Waals surface area contributed by atoms with Crippen LogP contribution in [0.5, 0.6) is 11.5 Å². The molecule has 0 radical (unpaired) electrons. The number of aromatic nitrogens is 1. The molecule has 1 fully saturated rings. The number of hydrogen-bond donors (Lipinski definition) is 1. The summed E-state index contributed by atoms with van der Waals surface area (Å²) in [6.07, 6.45) is 0. The molecule has 1 aromatic heterocycles. The van der Waals surface area contributed by atoms with E-state index in [9.17, 15) is 19.1 Å². The molecular formula is C27H21FN2O5S. The Bertz CT molecular complexity index is 1540. The van der Waals surface area contributed by atoms with E-state index in [4.69, 9.17) is 9.47 Å². The molecule has 0 aliphatic carbocycles. The molecule has 5 rings (SSSR count). The van der Waals surface area contributed by atoms with E-state index in [1.165, 1.54) is 54.7 Å². The third-order valence-electron chi connectivity index (χ3n) is 6.03. The number of benzene rings is 3. The highest BCUT2D eigenvalue weighted by Crippen LogP contribution is 2.48. The van der Waals surface area contributed by atoms with Gasteiger partial charge in [0, 0.05) is 11.1 Å². The van der Waals surface area contributed by atoms with Crippen LogP contribution in [-0.2, 0) is 9.59 Å². The lowest BCUT2D eigenvalue weighted by Gasteiger charge is -2.25. The Balaban J connectivity index is 1.79. The summed E-state index contributed by atoms with van der Waals surface area (Å²) in [5.74, 6) is -1.96. The lowest BCUT2D eigenvalue weighted by molar-refractivity contribution is -0.132. The Morgan fingerprint density at radius 1 is 1.06 bits per heavy atom. The van der Waals surface area contributed by atoms with Crippen molar-refractivity contribution >= 4 is 44.1 Å². The number of fused-ring (bicyclic) bond motifs is 1. The van der Waals surface area contributed by atoms with Crippen molar-refractivity contribution in [3.8, 4) is 11.5 Å². The fourth-order valence-corrected chi connectivity index (χ4v) is 5.43. The second-order valence-corrected chi connectivity index (χ2v) is 9.24. The number of Topliss-reactive ketones (excluding diaryl/α,β-unsaturated/α-hetero) is 1. The quantitative estimate of drug-likeness (QED) is 0.223. The first-order chi connectivity index (χ1) is 17.3. The van der Waals surface area contributed by atoms with Crippen LogP contribution in [0.15, 0.2) is 66.2 Å². The number of ether oxygens (including phenoxy) is 2. The molecule has 0 bridgehead atoms. The summed E-state index contributed by atoms with van der Waals surface area (Å²) in [6, 6.07) is 14.8. The van der Waals surface area contributed by atoms with Crippen molar-refractivity contribution in [3.63, 3.8) is 0 Å². The zero-order valence-corrected chi connectivity index (χ0v) is 20.4. The highest BCUT2D eigenvalue weighted by atomic mass is 32.1. The van der Waals surface area contributed by atoms with Gasteiger partial charge in [-0.15, -0.1) is 0 Å². The Labute approximate surface area is 210 Å². The third kappa shape index (κ3) is 3.77. The van der Waals surface area contributed by atoms with Crippen molar-refractivity contribution in [2.24, 2.45) is 0 Å². The summed E-state index contributed by atoms with van der Waals surface area (Å²) in [7, 11) is 2.93. The number of rotatable bonds is 5. The van der Waals surface area contributed by atoms with Crippen LogP contribution in [0.4, 0.5) is 9.52 Å².